The number of hydrogen-bond donors (Lipinski definition) is 8. The van der Waals surface area contributed by atoms with Crippen LogP contribution in [0, 0.1) is 5.92 Å². The Balaban J connectivity index is 5.52. The van der Waals surface area contributed by atoms with Crippen molar-refractivity contribution in [1.29, 1.82) is 0 Å². The minimum Gasteiger partial charge on any atom is -0.481 e. The second kappa shape index (κ2) is 14.8. The van der Waals surface area contributed by atoms with Crippen molar-refractivity contribution < 1.29 is 49.2 Å². The average Bonchev–Trinajstić information content (AvgIpc) is 2.75. The van der Waals surface area contributed by atoms with Gasteiger partial charge < -0.3 is 42.1 Å². The van der Waals surface area contributed by atoms with E-state index in [1.165, 1.54) is 0 Å². The molecule has 34 heavy (non-hydrogen) atoms. The summed E-state index contributed by atoms with van der Waals surface area (Å²) in [6, 6.07) is -5.66. The fourth-order valence-electron chi connectivity index (χ4n) is 2.76. The summed E-state index contributed by atoms with van der Waals surface area (Å²) in [5.41, 5.74) is 5.84. The maximum Gasteiger partial charge on any atom is 0.326 e. The fourth-order valence-corrected chi connectivity index (χ4v) is 2.76. The quantitative estimate of drug-likeness (QED) is 0.118. The van der Waals surface area contributed by atoms with Gasteiger partial charge >= 0.3 is 17.9 Å². The van der Waals surface area contributed by atoms with Crippen LogP contribution in [-0.2, 0) is 28.8 Å². The van der Waals surface area contributed by atoms with Crippen LogP contribution in [-0.4, -0.2) is 86.3 Å². The molecular formula is C20H34N4O10. The number of carboxylic acid groups (broad SMARTS) is 3. The van der Waals surface area contributed by atoms with E-state index in [0.717, 1.165) is 6.92 Å². The normalized spacial score (nSPS) is 16.1. The van der Waals surface area contributed by atoms with Gasteiger partial charge in [-0.3, -0.25) is 24.0 Å². The van der Waals surface area contributed by atoms with Crippen molar-refractivity contribution >= 4 is 35.6 Å². The molecule has 194 valence electrons. The number of aliphatic hydroxyl groups is 1. The molecule has 6 unspecified atom stereocenters. The predicted octanol–water partition coefficient (Wildman–Crippen LogP) is -1.99. The number of amides is 3. The molecule has 0 aromatic heterocycles. The zero-order chi connectivity index (χ0) is 26.6. The summed E-state index contributed by atoms with van der Waals surface area (Å²) < 4.78 is 0. The Morgan fingerprint density at radius 3 is 1.65 bits per heavy atom. The lowest BCUT2D eigenvalue weighted by Gasteiger charge is -2.27. The number of aliphatic hydroxyl groups excluding tert-OH is 1. The predicted molar refractivity (Wildman–Crippen MR) is 116 cm³/mol. The highest BCUT2D eigenvalue weighted by Gasteiger charge is 2.33. The molecule has 0 aliphatic heterocycles. The summed E-state index contributed by atoms with van der Waals surface area (Å²) in [5, 5.41) is 43.4. The molecule has 0 radical (unpaired) electrons. The summed E-state index contributed by atoms with van der Waals surface area (Å²) in [4.78, 5) is 70.7. The van der Waals surface area contributed by atoms with Gasteiger partial charge in [0, 0.05) is 12.8 Å². The first-order valence-corrected chi connectivity index (χ1v) is 10.7. The lowest BCUT2D eigenvalue weighted by molar-refractivity contribution is -0.144. The van der Waals surface area contributed by atoms with Gasteiger partial charge in [0.25, 0.3) is 0 Å². The molecule has 3 amide bonds. The highest BCUT2D eigenvalue weighted by molar-refractivity contribution is 5.94. The van der Waals surface area contributed by atoms with Crippen LogP contribution in [0.15, 0.2) is 0 Å². The number of rotatable bonds is 16. The third-order valence-electron chi connectivity index (χ3n) is 5.16. The molecule has 0 heterocycles. The largest absolute Gasteiger partial charge is 0.481 e. The van der Waals surface area contributed by atoms with E-state index in [-0.39, 0.29) is 12.3 Å². The molecule has 0 aliphatic rings. The van der Waals surface area contributed by atoms with Gasteiger partial charge in [-0.25, -0.2) is 4.79 Å². The maximum absolute atomic E-state index is 12.8. The van der Waals surface area contributed by atoms with Crippen LogP contribution in [0.5, 0.6) is 0 Å². The molecule has 0 spiro atoms. The van der Waals surface area contributed by atoms with Crippen molar-refractivity contribution in [2.75, 3.05) is 0 Å². The van der Waals surface area contributed by atoms with Gasteiger partial charge in [-0.15, -0.1) is 0 Å². The van der Waals surface area contributed by atoms with Gasteiger partial charge in [0.1, 0.15) is 18.1 Å². The number of nitrogens with two attached hydrogens (primary N) is 1. The molecular weight excluding hydrogens is 456 g/mol. The minimum atomic E-state index is -1.67. The van der Waals surface area contributed by atoms with Crippen LogP contribution in [0.3, 0.4) is 0 Å². The molecule has 14 heteroatoms. The van der Waals surface area contributed by atoms with Crippen molar-refractivity contribution in [1.82, 2.24) is 16.0 Å². The second-order valence-corrected chi connectivity index (χ2v) is 7.96. The van der Waals surface area contributed by atoms with E-state index in [0.29, 0.717) is 6.42 Å². The highest BCUT2D eigenvalue weighted by Crippen LogP contribution is 2.08. The van der Waals surface area contributed by atoms with Gasteiger partial charge in [-0.05, 0) is 25.7 Å². The summed E-state index contributed by atoms with van der Waals surface area (Å²) >= 11 is 0. The molecule has 0 fully saturated rings. The first-order chi connectivity index (χ1) is 15.7. The van der Waals surface area contributed by atoms with E-state index in [2.05, 4.69) is 16.0 Å². The molecule has 0 aliphatic carbocycles. The Bertz CT molecular complexity index is 758. The molecule has 6 atom stereocenters. The summed E-state index contributed by atoms with van der Waals surface area (Å²) in [6.45, 7) is 4.66. The Morgan fingerprint density at radius 2 is 1.24 bits per heavy atom. The van der Waals surface area contributed by atoms with E-state index in [1.807, 2.05) is 0 Å². The van der Waals surface area contributed by atoms with E-state index in [9.17, 15) is 39.0 Å². The third-order valence-corrected chi connectivity index (χ3v) is 5.16. The minimum absolute atomic E-state index is 0.238. The zero-order valence-corrected chi connectivity index (χ0v) is 19.3. The topological polar surface area (TPSA) is 245 Å². The first kappa shape index (κ1) is 30.7. The molecule has 0 aromatic rings. The van der Waals surface area contributed by atoms with Gasteiger partial charge in [0.05, 0.1) is 12.1 Å². The highest BCUT2D eigenvalue weighted by atomic mass is 16.4. The van der Waals surface area contributed by atoms with Crippen molar-refractivity contribution in [2.45, 2.75) is 83.1 Å². The summed E-state index contributed by atoms with van der Waals surface area (Å²) in [5.74, 6) is -7.10. The van der Waals surface area contributed by atoms with E-state index >= 15 is 0 Å². The van der Waals surface area contributed by atoms with Crippen molar-refractivity contribution in [2.24, 2.45) is 11.7 Å². The van der Waals surface area contributed by atoms with Crippen molar-refractivity contribution in [3.05, 3.63) is 0 Å². The van der Waals surface area contributed by atoms with Crippen LogP contribution in [0.4, 0.5) is 0 Å². The second-order valence-electron chi connectivity index (χ2n) is 7.96. The number of carbonyl (C=O) groups is 6. The standard InChI is InChI=1S/C20H34N4O10/c1-4-9(2)15(21)18(31)22-11(5-7-13(26)27)17(30)24-16(10(3)25)19(32)23-12(20(33)34)6-8-14(28)29/h9-12,15-16,25H,4-8,21H2,1-3H3,(H,22,31)(H,23,32)(H,24,30)(H,26,27)(H,28,29)(H,33,34). The molecule has 0 rings (SSSR count). The summed E-state index contributed by atoms with van der Waals surface area (Å²) in [6.07, 6.45) is -2.79. The summed E-state index contributed by atoms with van der Waals surface area (Å²) in [7, 11) is 0. The Labute approximate surface area is 196 Å². The number of aliphatic carboxylic acids is 3. The van der Waals surface area contributed by atoms with Gasteiger partial charge in [-0.1, -0.05) is 20.3 Å². The van der Waals surface area contributed by atoms with Crippen LogP contribution < -0.4 is 21.7 Å². The van der Waals surface area contributed by atoms with Gasteiger partial charge in [0.15, 0.2) is 0 Å². The molecule has 9 N–H and O–H groups in total. The fraction of sp³-hybridized carbons (Fsp3) is 0.700. The molecule has 0 saturated carbocycles. The zero-order valence-electron chi connectivity index (χ0n) is 19.3. The molecule has 0 aromatic carbocycles. The number of carboxylic acids is 3. The first-order valence-electron chi connectivity index (χ1n) is 10.7. The lowest BCUT2D eigenvalue weighted by atomic mass is 9.98. The Morgan fingerprint density at radius 1 is 0.765 bits per heavy atom. The van der Waals surface area contributed by atoms with Gasteiger partial charge in [-0.2, -0.15) is 0 Å². The third kappa shape index (κ3) is 11.0. The van der Waals surface area contributed by atoms with E-state index in [1.54, 1.807) is 13.8 Å². The number of hydrogen-bond acceptors (Lipinski definition) is 8. The maximum atomic E-state index is 12.8. The van der Waals surface area contributed by atoms with Crippen LogP contribution in [0.1, 0.15) is 52.9 Å². The molecule has 0 bridgehead atoms. The van der Waals surface area contributed by atoms with Crippen LogP contribution in [0.25, 0.3) is 0 Å². The van der Waals surface area contributed by atoms with E-state index < -0.39 is 85.2 Å². The monoisotopic (exact) mass is 490 g/mol. The smallest absolute Gasteiger partial charge is 0.326 e. The Hall–Kier alpha value is -3.26. The Kier molecular flexibility index (Phi) is 13.4. The average molecular weight is 491 g/mol. The van der Waals surface area contributed by atoms with Gasteiger partial charge in [0.2, 0.25) is 17.7 Å². The SMILES string of the molecule is CCC(C)C(N)C(=O)NC(CCC(=O)O)C(=O)NC(C(=O)NC(CCC(=O)O)C(=O)O)C(C)O. The number of carbonyl (C=O) groups excluding carboxylic acids is 3. The van der Waals surface area contributed by atoms with Crippen molar-refractivity contribution in [3.8, 4) is 0 Å². The molecule has 0 saturated heterocycles. The van der Waals surface area contributed by atoms with E-state index in [4.69, 9.17) is 15.9 Å². The molecule has 14 nitrogen and oxygen atoms in total. The van der Waals surface area contributed by atoms with Crippen LogP contribution in [0.2, 0.25) is 0 Å². The lowest BCUT2D eigenvalue weighted by Crippen LogP contribution is -2.60. The number of nitrogens with one attached hydrogen (secondary N) is 3. The van der Waals surface area contributed by atoms with Crippen LogP contribution >= 0.6 is 0 Å². The van der Waals surface area contributed by atoms with Crippen molar-refractivity contribution in [3.63, 3.8) is 0 Å².